The first-order valence-electron chi connectivity index (χ1n) is 27.1. The zero-order valence-corrected chi connectivity index (χ0v) is 45.1. The van der Waals surface area contributed by atoms with E-state index in [2.05, 4.69) is 230 Å². The van der Waals surface area contributed by atoms with Crippen LogP contribution in [0.5, 0.6) is 0 Å². The van der Waals surface area contributed by atoms with Crippen LogP contribution in [0.15, 0.2) is 188 Å². The Morgan fingerprint density at radius 3 is 1.44 bits per heavy atom. The summed E-state index contributed by atoms with van der Waals surface area (Å²) in [5.41, 5.74) is 21.5. The highest BCUT2D eigenvalue weighted by Gasteiger charge is 2.59. The molecule has 1 aromatic heterocycles. The number of fused-ring (bicyclic) bond motifs is 6. The Hall–Kier alpha value is -6.52. The molecule has 0 amide bonds. The second kappa shape index (κ2) is 16.8. The molecular weight excluding hydrogens is 912 g/mol. The summed E-state index contributed by atoms with van der Waals surface area (Å²) in [6, 6.07) is 74.5. The molecule has 4 bridgehead atoms. The van der Waals surface area contributed by atoms with E-state index in [0.29, 0.717) is 0 Å². The molecule has 5 aliphatic rings. The largest absolute Gasteiger partial charge is 0.242 e. The summed E-state index contributed by atoms with van der Waals surface area (Å²) >= 11 is 1.93. The molecule has 9 aromatic carbocycles. The molecule has 356 valence electrons. The van der Waals surface area contributed by atoms with Gasteiger partial charge in [-0.2, -0.15) is 0 Å². The van der Waals surface area contributed by atoms with Crippen LogP contribution >= 0.6 is 11.3 Å². The Kier molecular flexibility index (Phi) is 10.4. The smallest absolute Gasteiger partial charge is 0.135 e. The summed E-state index contributed by atoms with van der Waals surface area (Å²) in [7, 11) is -2.51. The van der Waals surface area contributed by atoms with Crippen molar-refractivity contribution in [3.8, 4) is 22.3 Å². The van der Waals surface area contributed by atoms with Gasteiger partial charge in [0, 0.05) is 14.8 Å². The van der Waals surface area contributed by atoms with Crippen molar-refractivity contribution in [2.45, 2.75) is 90.9 Å². The lowest BCUT2D eigenvalue weighted by atomic mass is 9.34. The fourth-order valence-electron chi connectivity index (χ4n) is 16.7. The van der Waals surface area contributed by atoms with Gasteiger partial charge < -0.3 is 0 Å². The highest BCUT2D eigenvalue weighted by molar-refractivity contribution is 7.26. The predicted molar refractivity (Wildman–Crippen MR) is 318 cm³/mol. The molecule has 4 aliphatic carbocycles. The third kappa shape index (κ3) is 6.91. The average Bonchev–Trinajstić information content (AvgIpc) is 3.91. The molecular formula is C70H63BSSi. The summed E-state index contributed by atoms with van der Waals surface area (Å²) in [6.07, 6.45) is 8.00. The monoisotopic (exact) mass is 974 g/mol. The number of hydrogen-bond acceptors (Lipinski definition) is 1. The Morgan fingerprint density at radius 2 is 0.890 bits per heavy atom. The van der Waals surface area contributed by atoms with E-state index in [9.17, 15) is 0 Å². The van der Waals surface area contributed by atoms with Gasteiger partial charge in [-0.3, -0.25) is 0 Å². The van der Waals surface area contributed by atoms with Crippen molar-refractivity contribution in [1.29, 1.82) is 0 Å². The van der Waals surface area contributed by atoms with Crippen LogP contribution in [-0.4, -0.2) is 14.8 Å². The molecule has 15 rings (SSSR count). The van der Waals surface area contributed by atoms with E-state index < -0.39 is 8.07 Å². The van der Waals surface area contributed by atoms with Crippen LogP contribution in [0.25, 0.3) is 42.4 Å². The van der Waals surface area contributed by atoms with Gasteiger partial charge in [-0.15, -0.1) is 11.3 Å². The standard InChI is InChI=1S/C70H63BSSi/c1-44-32-46(3)67(47(4)33-44)71(68-48(5)34-45(2)35-49(68)6)56-27-31-64-62(38-56)61-37-53(22-30-63(61)72-64)52-20-23-54(24-21-52)69-39-50-36-51(40-69)42-70(41-50,43-69)55-25-28-58(29-26-55)73(57-14-8-7-9-15-57)65-18-12-10-16-59(65)60-17-11-13-19-66(60)73/h7-35,37-38,50-51H,36,39-43H2,1-6H3. The van der Waals surface area contributed by atoms with Gasteiger partial charge in [0.15, 0.2) is 8.07 Å². The summed E-state index contributed by atoms with van der Waals surface area (Å²) in [5, 5.41) is 8.78. The van der Waals surface area contributed by atoms with E-state index >= 15 is 0 Å². The lowest BCUT2D eigenvalue weighted by Crippen LogP contribution is -2.72. The minimum absolute atomic E-state index is 0.154. The Morgan fingerprint density at radius 1 is 0.438 bits per heavy atom. The summed E-state index contributed by atoms with van der Waals surface area (Å²) in [5.74, 6) is 1.58. The lowest BCUT2D eigenvalue weighted by molar-refractivity contribution is -0.0281. The molecule has 2 unspecified atom stereocenters. The topological polar surface area (TPSA) is 0 Å². The average molecular weight is 975 g/mol. The van der Waals surface area contributed by atoms with Crippen molar-refractivity contribution in [2.24, 2.45) is 11.8 Å². The third-order valence-electron chi connectivity index (χ3n) is 18.9. The van der Waals surface area contributed by atoms with E-state index in [1.54, 1.807) is 11.1 Å². The van der Waals surface area contributed by atoms with E-state index in [1.807, 2.05) is 11.3 Å². The van der Waals surface area contributed by atoms with E-state index in [4.69, 9.17) is 0 Å². The first kappa shape index (κ1) is 45.1. The fraction of sp³-hybridized carbons (Fsp3) is 0.229. The summed E-state index contributed by atoms with van der Waals surface area (Å²) in [4.78, 5) is 0. The molecule has 0 nitrogen and oxygen atoms in total. The third-order valence-corrected chi connectivity index (χ3v) is 24.9. The second-order valence-corrected chi connectivity index (χ2v) is 28.3. The van der Waals surface area contributed by atoms with Gasteiger partial charge >= 0.3 is 0 Å². The molecule has 1 aliphatic heterocycles. The number of hydrogen-bond donors (Lipinski definition) is 0. The molecule has 2 heterocycles. The maximum Gasteiger partial charge on any atom is 0.242 e. The maximum atomic E-state index is 2.60. The van der Waals surface area contributed by atoms with Gasteiger partial charge in [0.05, 0.1) is 0 Å². The summed E-state index contributed by atoms with van der Waals surface area (Å²) < 4.78 is 2.72. The Bertz CT molecular complexity index is 3680. The first-order valence-corrected chi connectivity index (χ1v) is 29.9. The van der Waals surface area contributed by atoms with Crippen LogP contribution in [-0.2, 0) is 10.8 Å². The van der Waals surface area contributed by atoms with Gasteiger partial charge in [-0.05, 0) is 180 Å². The minimum Gasteiger partial charge on any atom is -0.135 e. The number of benzene rings is 9. The molecule has 0 N–H and O–H groups in total. The molecule has 0 radical (unpaired) electrons. The molecule has 0 saturated heterocycles. The van der Waals surface area contributed by atoms with Crippen molar-refractivity contribution in [3.05, 3.63) is 233 Å². The molecule has 4 saturated carbocycles. The van der Waals surface area contributed by atoms with Gasteiger partial charge in [0.25, 0.3) is 0 Å². The van der Waals surface area contributed by atoms with Crippen molar-refractivity contribution >= 4 is 83.4 Å². The van der Waals surface area contributed by atoms with Gasteiger partial charge in [-0.1, -0.05) is 220 Å². The second-order valence-electron chi connectivity index (χ2n) is 23.5. The van der Waals surface area contributed by atoms with Crippen LogP contribution in [0.3, 0.4) is 0 Å². The quantitative estimate of drug-likeness (QED) is 0.133. The zero-order chi connectivity index (χ0) is 49.4. The van der Waals surface area contributed by atoms with E-state index in [0.717, 1.165) is 11.8 Å². The minimum atomic E-state index is -2.51. The normalized spacial score (nSPS) is 21.2. The molecule has 4 fully saturated rings. The SMILES string of the molecule is Cc1cc(C)c(B(c2ccc3sc4ccc(-c5ccc(C67CC8CC(C6)CC(c6ccc([Si]9(c%10ccccc%10)c%10ccccc%10-c%10ccccc%109)cc6)(C8)C7)cc5)cc4c3c2)c2c(C)cc(C)cc2C)c(C)c1. The van der Waals surface area contributed by atoms with Crippen molar-refractivity contribution < 1.29 is 0 Å². The highest BCUT2D eigenvalue weighted by Crippen LogP contribution is 2.66. The molecule has 3 heteroatoms. The molecule has 10 aromatic rings. The number of aryl methyl sites for hydroxylation is 6. The van der Waals surface area contributed by atoms with Crippen LogP contribution in [0, 0.1) is 53.4 Å². The zero-order valence-electron chi connectivity index (χ0n) is 43.3. The van der Waals surface area contributed by atoms with Gasteiger partial charge in [0.1, 0.15) is 0 Å². The van der Waals surface area contributed by atoms with Crippen molar-refractivity contribution in [3.63, 3.8) is 0 Å². The van der Waals surface area contributed by atoms with Gasteiger partial charge in [0.2, 0.25) is 6.71 Å². The maximum absolute atomic E-state index is 2.60. The van der Waals surface area contributed by atoms with Crippen LogP contribution in [0.2, 0.25) is 0 Å². The van der Waals surface area contributed by atoms with Crippen LogP contribution in [0.4, 0.5) is 0 Å². The molecule has 0 spiro atoms. The predicted octanol–water partition coefficient (Wildman–Crippen LogP) is 13.2. The Labute approximate surface area is 438 Å². The number of thiophene rings is 1. The van der Waals surface area contributed by atoms with E-state index in [1.165, 1.54) is 151 Å². The van der Waals surface area contributed by atoms with E-state index in [-0.39, 0.29) is 17.5 Å². The Balaban J connectivity index is 0.801. The number of rotatable bonds is 8. The van der Waals surface area contributed by atoms with Crippen molar-refractivity contribution in [1.82, 2.24) is 0 Å². The summed E-state index contributed by atoms with van der Waals surface area (Å²) in [6.45, 7) is 13.9. The molecule has 2 atom stereocenters. The van der Waals surface area contributed by atoms with Gasteiger partial charge in [-0.25, -0.2) is 0 Å². The van der Waals surface area contributed by atoms with Crippen LogP contribution in [0.1, 0.15) is 83.0 Å². The lowest BCUT2D eigenvalue weighted by Gasteiger charge is -2.63. The fourth-order valence-corrected chi connectivity index (χ4v) is 22.9. The highest BCUT2D eigenvalue weighted by atomic mass is 32.1. The van der Waals surface area contributed by atoms with Crippen LogP contribution < -0.4 is 37.1 Å². The van der Waals surface area contributed by atoms with Crippen molar-refractivity contribution in [2.75, 3.05) is 0 Å². The molecule has 73 heavy (non-hydrogen) atoms. The first-order chi connectivity index (χ1) is 35.5.